The lowest BCUT2D eigenvalue weighted by Crippen LogP contribution is -2.35. The molecule has 1 saturated carbocycles. The molecule has 0 aromatic carbocycles. The van der Waals surface area contributed by atoms with Crippen molar-refractivity contribution in [1.29, 1.82) is 5.41 Å². The van der Waals surface area contributed by atoms with E-state index in [1.165, 1.54) is 20.0 Å². The molecule has 0 saturated heterocycles. The normalized spacial score (nSPS) is 16.3. The van der Waals surface area contributed by atoms with Gasteiger partial charge in [-0.25, -0.2) is 4.79 Å². The molecule has 0 radical (unpaired) electrons. The summed E-state index contributed by atoms with van der Waals surface area (Å²) < 4.78 is 4.51. The van der Waals surface area contributed by atoms with Crippen molar-refractivity contribution in [3.8, 4) is 0 Å². The number of methoxy groups -OCH3 is 1. The van der Waals surface area contributed by atoms with Crippen LogP contribution in [0.2, 0.25) is 0 Å². The predicted molar refractivity (Wildman–Crippen MR) is 89.3 cm³/mol. The van der Waals surface area contributed by atoms with E-state index in [0.717, 1.165) is 18.7 Å². The van der Waals surface area contributed by atoms with Gasteiger partial charge in [-0.2, -0.15) is 0 Å². The highest BCUT2D eigenvalue weighted by molar-refractivity contribution is 5.97. The summed E-state index contributed by atoms with van der Waals surface area (Å²) in [6.45, 7) is 7.58. The van der Waals surface area contributed by atoms with Gasteiger partial charge in [0.05, 0.1) is 7.11 Å². The number of carbonyl (C=O) groups excluding carboxylic acids is 1. The van der Waals surface area contributed by atoms with E-state index < -0.39 is 6.09 Å². The van der Waals surface area contributed by atoms with Crippen molar-refractivity contribution in [3.63, 3.8) is 0 Å². The number of carbonyl (C=O) groups is 1. The summed E-state index contributed by atoms with van der Waals surface area (Å²) in [7, 11) is 1.36. The van der Waals surface area contributed by atoms with Crippen molar-refractivity contribution in [3.05, 3.63) is 11.8 Å². The van der Waals surface area contributed by atoms with Gasteiger partial charge in [-0.05, 0) is 38.2 Å². The number of rotatable bonds is 10. The van der Waals surface area contributed by atoms with E-state index >= 15 is 0 Å². The SMILES string of the molecule is COC(=O)NCCCN/C(=C\C(=N)[C@@H](C)NC1CC1)C(C)C. The lowest BCUT2D eigenvalue weighted by atomic mass is 10.1. The first-order valence-electron chi connectivity index (χ1n) is 8.05. The first-order valence-corrected chi connectivity index (χ1v) is 8.05. The average molecular weight is 310 g/mol. The minimum absolute atomic E-state index is 0.0871. The molecule has 126 valence electrons. The smallest absolute Gasteiger partial charge is 0.406 e. The zero-order chi connectivity index (χ0) is 16.5. The van der Waals surface area contributed by atoms with Gasteiger partial charge in [-0.3, -0.25) is 0 Å². The summed E-state index contributed by atoms with van der Waals surface area (Å²) in [4.78, 5) is 10.9. The molecule has 0 unspecified atom stereocenters. The van der Waals surface area contributed by atoms with Crippen molar-refractivity contribution in [1.82, 2.24) is 16.0 Å². The highest BCUT2D eigenvalue weighted by atomic mass is 16.5. The van der Waals surface area contributed by atoms with Crippen molar-refractivity contribution in [2.24, 2.45) is 5.92 Å². The number of allylic oxidation sites excluding steroid dienone is 1. The summed E-state index contributed by atoms with van der Waals surface area (Å²) in [5, 5.41) is 17.6. The van der Waals surface area contributed by atoms with Crippen molar-refractivity contribution >= 4 is 11.8 Å². The quantitative estimate of drug-likeness (QED) is 0.367. The van der Waals surface area contributed by atoms with Crippen LogP contribution in [0.25, 0.3) is 0 Å². The Labute approximate surface area is 133 Å². The molecule has 0 spiro atoms. The molecule has 0 heterocycles. The Bertz CT molecular complexity index is 403. The third-order valence-electron chi connectivity index (χ3n) is 3.60. The Morgan fingerprint density at radius 2 is 1.91 bits per heavy atom. The van der Waals surface area contributed by atoms with Crippen LogP contribution in [0.1, 0.15) is 40.0 Å². The van der Waals surface area contributed by atoms with Gasteiger partial charge in [0, 0.05) is 36.6 Å². The van der Waals surface area contributed by atoms with E-state index in [-0.39, 0.29) is 6.04 Å². The lowest BCUT2D eigenvalue weighted by molar-refractivity contribution is 0.171. The molecule has 1 fully saturated rings. The average Bonchev–Trinajstić information content (AvgIpc) is 3.28. The third-order valence-corrected chi connectivity index (χ3v) is 3.60. The molecule has 6 nitrogen and oxygen atoms in total. The van der Waals surface area contributed by atoms with Crippen molar-refractivity contribution in [2.75, 3.05) is 20.2 Å². The van der Waals surface area contributed by atoms with E-state index in [2.05, 4.69) is 34.5 Å². The molecule has 1 aliphatic carbocycles. The van der Waals surface area contributed by atoms with Crippen LogP contribution in [0.4, 0.5) is 4.79 Å². The van der Waals surface area contributed by atoms with Gasteiger partial charge >= 0.3 is 6.09 Å². The summed E-state index contributed by atoms with van der Waals surface area (Å²) in [6, 6.07) is 0.688. The van der Waals surface area contributed by atoms with E-state index in [4.69, 9.17) is 5.41 Å². The Balaban J connectivity index is 2.34. The Morgan fingerprint density at radius 3 is 2.45 bits per heavy atom. The molecule has 1 rings (SSSR count). The van der Waals surface area contributed by atoms with Gasteiger partial charge < -0.3 is 26.1 Å². The maximum Gasteiger partial charge on any atom is 0.406 e. The third kappa shape index (κ3) is 7.45. The molecule has 4 N–H and O–H groups in total. The van der Waals surface area contributed by atoms with E-state index in [9.17, 15) is 4.79 Å². The summed E-state index contributed by atoms with van der Waals surface area (Å²) in [5.41, 5.74) is 1.67. The molecule has 22 heavy (non-hydrogen) atoms. The molecule has 0 aromatic rings. The number of hydrogen-bond donors (Lipinski definition) is 4. The number of alkyl carbamates (subject to hydrolysis) is 1. The number of hydrogen-bond acceptors (Lipinski definition) is 5. The summed E-state index contributed by atoms with van der Waals surface area (Å²) in [6.07, 6.45) is 4.79. The van der Waals surface area contributed by atoms with Crippen LogP contribution >= 0.6 is 0 Å². The van der Waals surface area contributed by atoms with Gasteiger partial charge in [-0.15, -0.1) is 0 Å². The predicted octanol–water partition coefficient (Wildman–Crippen LogP) is 2.02. The van der Waals surface area contributed by atoms with Crippen LogP contribution in [-0.2, 0) is 4.74 Å². The van der Waals surface area contributed by atoms with Gasteiger partial charge in [-0.1, -0.05) is 13.8 Å². The molecule has 1 amide bonds. The van der Waals surface area contributed by atoms with E-state index in [1.54, 1.807) is 0 Å². The fraction of sp³-hybridized carbons (Fsp3) is 0.750. The van der Waals surface area contributed by atoms with Gasteiger partial charge in [0.1, 0.15) is 0 Å². The van der Waals surface area contributed by atoms with Gasteiger partial charge in [0.25, 0.3) is 0 Å². The van der Waals surface area contributed by atoms with Crippen molar-refractivity contribution < 1.29 is 9.53 Å². The second kappa shape index (κ2) is 9.46. The van der Waals surface area contributed by atoms with Crippen LogP contribution in [0.3, 0.4) is 0 Å². The minimum Gasteiger partial charge on any atom is -0.453 e. The molecule has 0 aromatic heterocycles. The van der Waals surface area contributed by atoms with Crippen LogP contribution in [0.15, 0.2) is 11.8 Å². The molecule has 1 aliphatic rings. The summed E-state index contributed by atoms with van der Waals surface area (Å²) >= 11 is 0. The molecule has 6 heteroatoms. The Morgan fingerprint density at radius 1 is 1.27 bits per heavy atom. The highest BCUT2D eigenvalue weighted by Crippen LogP contribution is 2.19. The Hall–Kier alpha value is -1.56. The summed E-state index contributed by atoms with van der Waals surface area (Å²) in [5.74, 6) is 0.335. The van der Waals surface area contributed by atoms with Gasteiger partial charge in [0.2, 0.25) is 0 Å². The largest absolute Gasteiger partial charge is 0.453 e. The van der Waals surface area contributed by atoms with Crippen LogP contribution < -0.4 is 16.0 Å². The molecular formula is C16H30N4O2. The number of amides is 1. The second-order valence-corrected chi connectivity index (χ2v) is 6.07. The van der Waals surface area contributed by atoms with Crippen molar-refractivity contribution in [2.45, 2.75) is 52.1 Å². The topological polar surface area (TPSA) is 86.2 Å². The maximum atomic E-state index is 10.9. The fourth-order valence-electron chi connectivity index (χ4n) is 1.99. The van der Waals surface area contributed by atoms with Crippen LogP contribution in [0.5, 0.6) is 0 Å². The maximum absolute atomic E-state index is 10.9. The first-order chi connectivity index (χ1) is 10.4. The standard InChI is InChI=1S/C16H30N4O2/c1-11(2)15(18-8-5-9-19-16(21)22-4)10-14(17)12(3)20-13-6-7-13/h10-13,17-18,20H,5-9H2,1-4H3,(H,19,21)/b15-10-,17-14?/t12-/m1/s1. The number of ether oxygens (including phenoxy) is 1. The molecular weight excluding hydrogens is 280 g/mol. The zero-order valence-electron chi connectivity index (χ0n) is 14.2. The fourth-order valence-corrected chi connectivity index (χ4v) is 1.99. The zero-order valence-corrected chi connectivity index (χ0v) is 14.2. The minimum atomic E-state index is -0.402. The Kier molecular flexibility index (Phi) is 7.95. The van der Waals surface area contributed by atoms with E-state index in [0.29, 0.717) is 24.2 Å². The van der Waals surface area contributed by atoms with Crippen LogP contribution in [0, 0.1) is 11.3 Å². The monoisotopic (exact) mass is 310 g/mol. The highest BCUT2D eigenvalue weighted by Gasteiger charge is 2.23. The molecule has 1 atom stereocenters. The molecule has 0 aliphatic heterocycles. The first kappa shape index (κ1) is 18.5. The lowest BCUT2D eigenvalue weighted by Gasteiger charge is -2.18. The second-order valence-electron chi connectivity index (χ2n) is 6.07. The number of nitrogens with one attached hydrogen (secondary N) is 4. The van der Waals surface area contributed by atoms with E-state index in [1.807, 2.05) is 13.0 Å². The van der Waals surface area contributed by atoms with Crippen LogP contribution in [-0.4, -0.2) is 44.1 Å². The molecule has 0 bridgehead atoms. The van der Waals surface area contributed by atoms with Gasteiger partial charge in [0.15, 0.2) is 0 Å².